The molecule has 0 saturated heterocycles. The Morgan fingerprint density at radius 3 is 2.70 bits per heavy atom. The Kier molecular flexibility index (Phi) is 6.23. The number of para-hydroxylation sites is 1. The first-order chi connectivity index (χ1) is 13.0. The number of benzene rings is 1. The summed E-state index contributed by atoms with van der Waals surface area (Å²) in [6, 6.07) is 8.28. The largest absolute Gasteiger partial charge is 0.352 e. The molecule has 1 aromatic carbocycles. The van der Waals surface area contributed by atoms with Gasteiger partial charge in [-0.1, -0.05) is 25.1 Å². The topological polar surface area (TPSA) is 65.5 Å². The second-order valence-corrected chi connectivity index (χ2v) is 7.81. The number of carbonyl (C=O) groups is 2. The van der Waals surface area contributed by atoms with Crippen molar-refractivity contribution in [3.8, 4) is 0 Å². The van der Waals surface area contributed by atoms with E-state index in [1.165, 1.54) is 11.3 Å². The van der Waals surface area contributed by atoms with E-state index in [-0.39, 0.29) is 11.8 Å². The third kappa shape index (κ3) is 5.14. The Morgan fingerprint density at radius 2 is 2.04 bits per heavy atom. The van der Waals surface area contributed by atoms with Crippen molar-refractivity contribution in [1.82, 2.24) is 15.2 Å². The van der Waals surface area contributed by atoms with Crippen molar-refractivity contribution in [3.05, 3.63) is 40.9 Å². The number of aryl methyl sites for hydroxylation is 1. The number of aromatic nitrogens is 1. The van der Waals surface area contributed by atoms with Gasteiger partial charge in [0.15, 0.2) is 5.13 Å². The summed E-state index contributed by atoms with van der Waals surface area (Å²) in [4.78, 5) is 32.5. The zero-order valence-electron chi connectivity index (χ0n) is 16.1. The van der Waals surface area contributed by atoms with Crippen molar-refractivity contribution in [2.75, 3.05) is 18.5 Å². The summed E-state index contributed by atoms with van der Waals surface area (Å²) in [7, 11) is 1.90. The van der Waals surface area contributed by atoms with E-state index in [1.54, 1.807) is 11.8 Å². The van der Waals surface area contributed by atoms with Crippen LogP contribution in [-0.2, 0) is 22.6 Å². The van der Waals surface area contributed by atoms with Gasteiger partial charge in [-0.2, -0.15) is 0 Å². The van der Waals surface area contributed by atoms with Gasteiger partial charge in [0, 0.05) is 24.9 Å². The van der Waals surface area contributed by atoms with E-state index in [0.717, 1.165) is 36.2 Å². The second-order valence-electron chi connectivity index (χ2n) is 6.97. The van der Waals surface area contributed by atoms with E-state index < -0.39 is 0 Å². The molecule has 1 N–H and O–H groups in total. The van der Waals surface area contributed by atoms with Gasteiger partial charge in [-0.05, 0) is 37.9 Å². The highest BCUT2D eigenvalue weighted by atomic mass is 32.1. The molecular weight excluding hydrogens is 360 g/mol. The summed E-state index contributed by atoms with van der Waals surface area (Å²) in [5.74, 6) is -0.00773. The molecule has 1 aliphatic carbocycles. The van der Waals surface area contributed by atoms with Crippen LogP contribution < -0.4 is 10.2 Å². The lowest BCUT2D eigenvalue weighted by Crippen LogP contribution is -2.36. The average molecular weight is 387 g/mol. The normalized spacial score (nSPS) is 13.6. The lowest BCUT2D eigenvalue weighted by molar-refractivity contribution is -0.122. The van der Waals surface area contributed by atoms with Gasteiger partial charge >= 0.3 is 0 Å². The quantitative estimate of drug-likeness (QED) is 0.757. The Hall–Kier alpha value is -2.25. The molecule has 3 rings (SSSR count). The van der Waals surface area contributed by atoms with Crippen LogP contribution in [0.5, 0.6) is 0 Å². The fourth-order valence-electron chi connectivity index (χ4n) is 2.99. The maximum Gasteiger partial charge on any atom is 0.234 e. The molecule has 2 amide bonds. The van der Waals surface area contributed by atoms with Crippen LogP contribution in [0.15, 0.2) is 29.6 Å². The molecule has 1 aromatic heterocycles. The van der Waals surface area contributed by atoms with E-state index in [1.807, 2.05) is 41.6 Å². The van der Waals surface area contributed by atoms with Crippen molar-refractivity contribution in [2.24, 2.45) is 0 Å². The minimum atomic E-state index is -0.0611. The Labute approximate surface area is 164 Å². The molecule has 0 aliphatic heterocycles. The van der Waals surface area contributed by atoms with Crippen molar-refractivity contribution >= 4 is 34.0 Å². The zero-order valence-corrected chi connectivity index (χ0v) is 16.9. The van der Waals surface area contributed by atoms with Gasteiger partial charge in [0.25, 0.3) is 0 Å². The van der Waals surface area contributed by atoms with Crippen LogP contribution in [0.25, 0.3) is 0 Å². The van der Waals surface area contributed by atoms with Gasteiger partial charge in [-0.25, -0.2) is 4.98 Å². The number of likely N-dealkylation sites (N-methyl/N-ethyl adjacent to an activating group) is 1. The standard InChI is InChI=1S/C20H26N4O2S/c1-4-15-7-5-6-8-18(15)24(14(2)25)20-22-17(13-27-20)11-23(3)12-19(26)21-16-9-10-16/h5-8,13,16H,4,9-12H2,1-3H3,(H,21,26). The molecular formula is C20H26N4O2S. The number of nitrogens with zero attached hydrogens (tertiary/aromatic N) is 3. The summed E-state index contributed by atoms with van der Waals surface area (Å²) < 4.78 is 0. The molecule has 144 valence electrons. The summed E-state index contributed by atoms with van der Waals surface area (Å²) in [6.07, 6.45) is 3.02. The number of amides is 2. The van der Waals surface area contributed by atoms with Crippen LogP contribution >= 0.6 is 11.3 Å². The zero-order chi connectivity index (χ0) is 19.4. The highest BCUT2D eigenvalue weighted by Crippen LogP contribution is 2.32. The molecule has 2 aromatic rings. The van der Waals surface area contributed by atoms with E-state index >= 15 is 0 Å². The lowest BCUT2D eigenvalue weighted by atomic mass is 10.1. The molecule has 1 aliphatic rings. The van der Waals surface area contributed by atoms with Crippen LogP contribution in [0.3, 0.4) is 0 Å². The van der Waals surface area contributed by atoms with Gasteiger partial charge in [-0.3, -0.25) is 19.4 Å². The Bertz CT molecular complexity index is 816. The lowest BCUT2D eigenvalue weighted by Gasteiger charge is -2.21. The molecule has 0 bridgehead atoms. The number of thiazole rings is 1. The van der Waals surface area contributed by atoms with Crippen LogP contribution in [0, 0.1) is 0 Å². The van der Waals surface area contributed by atoms with Crippen LogP contribution in [-0.4, -0.2) is 41.3 Å². The highest BCUT2D eigenvalue weighted by Gasteiger charge is 2.24. The smallest absolute Gasteiger partial charge is 0.234 e. The summed E-state index contributed by atoms with van der Waals surface area (Å²) in [6.45, 7) is 4.54. The predicted molar refractivity (Wildman–Crippen MR) is 108 cm³/mol. The fourth-order valence-corrected chi connectivity index (χ4v) is 3.86. The van der Waals surface area contributed by atoms with E-state index in [9.17, 15) is 9.59 Å². The minimum Gasteiger partial charge on any atom is -0.352 e. The predicted octanol–water partition coefficient (Wildman–Crippen LogP) is 3.10. The van der Waals surface area contributed by atoms with Gasteiger partial charge < -0.3 is 5.32 Å². The van der Waals surface area contributed by atoms with Gasteiger partial charge in [0.1, 0.15) is 0 Å². The summed E-state index contributed by atoms with van der Waals surface area (Å²) >= 11 is 1.45. The maximum atomic E-state index is 12.3. The summed E-state index contributed by atoms with van der Waals surface area (Å²) in [5, 5.41) is 5.61. The van der Waals surface area contributed by atoms with Gasteiger partial charge in [0.2, 0.25) is 11.8 Å². The molecule has 0 radical (unpaired) electrons. The second kappa shape index (κ2) is 8.63. The SMILES string of the molecule is CCc1ccccc1N(C(C)=O)c1nc(CN(C)CC(=O)NC2CC2)cs1. The summed E-state index contributed by atoms with van der Waals surface area (Å²) in [5.41, 5.74) is 2.85. The molecule has 0 atom stereocenters. The van der Waals surface area contributed by atoms with Gasteiger partial charge in [-0.15, -0.1) is 11.3 Å². The minimum absolute atomic E-state index is 0.0534. The van der Waals surface area contributed by atoms with E-state index in [0.29, 0.717) is 24.3 Å². The third-order valence-corrected chi connectivity index (χ3v) is 5.32. The fraction of sp³-hybridized carbons (Fsp3) is 0.450. The Balaban J connectivity index is 1.70. The first kappa shape index (κ1) is 19.5. The molecule has 1 saturated carbocycles. The van der Waals surface area contributed by atoms with Crippen LogP contribution in [0.2, 0.25) is 0 Å². The first-order valence-corrected chi connectivity index (χ1v) is 10.2. The molecule has 1 fully saturated rings. The molecule has 0 unspecified atom stereocenters. The van der Waals surface area contributed by atoms with Crippen molar-refractivity contribution in [3.63, 3.8) is 0 Å². The molecule has 7 heteroatoms. The van der Waals surface area contributed by atoms with E-state index in [2.05, 4.69) is 17.2 Å². The molecule has 0 spiro atoms. The molecule has 6 nitrogen and oxygen atoms in total. The number of nitrogens with one attached hydrogen (secondary N) is 1. The first-order valence-electron chi connectivity index (χ1n) is 9.28. The van der Waals surface area contributed by atoms with Crippen molar-refractivity contribution < 1.29 is 9.59 Å². The number of hydrogen-bond acceptors (Lipinski definition) is 5. The monoisotopic (exact) mass is 386 g/mol. The number of hydrogen-bond donors (Lipinski definition) is 1. The maximum absolute atomic E-state index is 12.3. The molecule has 27 heavy (non-hydrogen) atoms. The van der Waals surface area contributed by atoms with Crippen LogP contribution in [0.4, 0.5) is 10.8 Å². The number of anilines is 2. The number of carbonyl (C=O) groups excluding carboxylic acids is 2. The van der Waals surface area contributed by atoms with Crippen molar-refractivity contribution in [1.29, 1.82) is 0 Å². The van der Waals surface area contributed by atoms with E-state index in [4.69, 9.17) is 0 Å². The highest BCUT2D eigenvalue weighted by molar-refractivity contribution is 7.14. The molecule has 1 heterocycles. The third-order valence-electron chi connectivity index (χ3n) is 4.45. The Morgan fingerprint density at radius 1 is 1.30 bits per heavy atom. The van der Waals surface area contributed by atoms with Gasteiger partial charge in [0.05, 0.1) is 17.9 Å². The average Bonchev–Trinajstić information content (AvgIpc) is 3.32. The van der Waals surface area contributed by atoms with Crippen molar-refractivity contribution in [2.45, 2.75) is 45.7 Å². The van der Waals surface area contributed by atoms with Crippen LogP contribution in [0.1, 0.15) is 37.9 Å². The number of rotatable bonds is 8.